The van der Waals surface area contributed by atoms with Gasteiger partial charge in [-0.3, -0.25) is 9.36 Å². The lowest BCUT2D eigenvalue weighted by Gasteiger charge is -2.05. The Bertz CT molecular complexity index is 1310. The third-order valence-electron chi connectivity index (χ3n) is 4.68. The summed E-state index contributed by atoms with van der Waals surface area (Å²) in [6.45, 7) is 0. The van der Waals surface area contributed by atoms with Crippen molar-refractivity contribution in [3.05, 3.63) is 105 Å². The number of nitrogens with zero attached hydrogens (tertiary/aromatic N) is 1. The third kappa shape index (κ3) is 3.97. The molecule has 3 nitrogen and oxygen atoms in total. The van der Waals surface area contributed by atoms with Gasteiger partial charge >= 0.3 is 0 Å². The van der Waals surface area contributed by atoms with E-state index in [1.165, 1.54) is 10.6 Å². The standard InChI is InChI=1S/C24H17F2NO2/c1-27-23(28)18(12-17-10-11-21(25)22(26)13-17)14-19-15-20(29-24(19)27)9-5-8-16-6-3-2-4-7-16/h2-4,6-7,10-11,13-15H,8,12H2,1H3. The molecule has 0 N–H and O–H groups in total. The highest BCUT2D eigenvalue weighted by molar-refractivity contribution is 5.76. The van der Waals surface area contributed by atoms with Crippen LogP contribution < -0.4 is 5.56 Å². The number of pyridine rings is 1. The van der Waals surface area contributed by atoms with E-state index >= 15 is 0 Å². The van der Waals surface area contributed by atoms with Gasteiger partial charge in [-0.05, 0) is 35.2 Å². The molecule has 5 heteroatoms. The van der Waals surface area contributed by atoms with Gasteiger partial charge in [0.1, 0.15) is 0 Å². The minimum absolute atomic E-state index is 0.194. The summed E-state index contributed by atoms with van der Waals surface area (Å²) in [6.07, 6.45) is 0.790. The van der Waals surface area contributed by atoms with Crippen LogP contribution in [0.4, 0.5) is 8.78 Å². The zero-order valence-corrected chi connectivity index (χ0v) is 15.7. The lowest BCUT2D eigenvalue weighted by molar-refractivity contribution is 0.507. The zero-order chi connectivity index (χ0) is 20.4. The van der Waals surface area contributed by atoms with Crippen LogP contribution in [0.5, 0.6) is 0 Å². The Hall–Kier alpha value is -3.65. The minimum atomic E-state index is -0.931. The van der Waals surface area contributed by atoms with Crippen LogP contribution in [0.25, 0.3) is 11.1 Å². The van der Waals surface area contributed by atoms with Crippen molar-refractivity contribution in [1.82, 2.24) is 4.57 Å². The molecule has 0 amide bonds. The second-order valence-electron chi connectivity index (χ2n) is 6.79. The fourth-order valence-corrected chi connectivity index (χ4v) is 3.21. The molecule has 2 heterocycles. The fraction of sp³-hybridized carbons (Fsp3) is 0.125. The quantitative estimate of drug-likeness (QED) is 0.480. The van der Waals surface area contributed by atoms with Gasteiger partial charge in [-0.2, -0.15) is 0 Å². The maximum absolute atomic E-state index is 13.5. The van der Waals surface area contributed by atoms with Gasteiger partial charge in [-0.15, -0.1) is 0 Å². The van der Waals surface area contributed by atoms with Crippen LogP contribution in [0.2, 0.25) is 0 Å². The fourth-order valence-electron chi connectivity index (χ4n) is 3.21. The first-order chi connectivity index (χ1) is 14.0. The van der Waals surface area contributed by atoms with Crippen molar-refractivity contribution in [3.63, 3.8) is 0 Å². The van der Waals surface area contributed by atoms with E-state index in [0.717, 1.165) is 23.1 Å². The molecule has 4 aromatic rings. The van der Waals surface area contributed by atoms with Crippen LogP contribution in [-0.2, 0) is 19.9 Å². The molecule has 0 unspecified atom stereocenters. The van der Waals surface area contributed by atoms with Crippen LogP contribution >= 0.6 is 0 Å². The Morgan fingerprint density at radius 2 is 1.76 bits per heavy atom. The number of aromatic nitrogens is 1. The second kappa shape index (κ2) is 7.76. The maximum Gasteiger partial charge on any atom is 0.256 e. The average molecular weight is 389 g/mol. The summed E-state index contributed by atoms with van der Waals surface area (Å²) in [5, 5.41) is 0.730. The van der Waals surface area contributed by atoms with E-state index in [-0.39, 0.29) is 12.0 Å². The van der Waals surface area contributed by atoms with Crippen LogP contribution in [0.1, 0.15) is 22.5 Å². The van der Waals surface area contributed by atoms with E-state index in [2.05, 4.69) is 11.8 Å². The van der Waals surface area contributed by atoms with Gasteiger partial charge in [0.05, 0.1) is 0 Å². The normalized spacial score (nSPS) is 10.7. The Morgan fingerprint density at radius 1 is 0.966 bits per heavy atom. The Morgan fingerprint density at radius 3 is 2.52 bits per heavy atom. The monoisotopic (exact) mass is 389 g/mol. The largest absolute Gasteiger partial charge is 0.431 e. The van der Waals surface area contributed by atoms with Crippen molar-refractivity contribution in [2.45, 2.75) is 12.8 Å². The van der Waals surface area contributed by atoms with Gasteiger partial charge in [0.25, 0.3) is 5.56 Å². The maximum atomic E-state index is 13.5. The topological polar surface area (TPSA) is 35.1 Å². The number of aryl methyl sites for hydroxylation is 1. The van der Waals surface area contributed by atoms with Crippen molar-refractivity contribution >= 4 is 11.1 Å². The van der Waals surface area contributed by atoms with Crippen molar-refractivity contribution in [2.24, 2.45) is 7.05 Å². The molecule has 0 radical (unpaired) electrons. The third-order valence-corrected chi connectivity index (χ3v) is 4.68. The molecule has 0 aliphatic heterocycles. The molecule has 29 heavy (non-hydrogen) atoms. The molecule has 0 aliphatic rings. The molecule has 0 aliphatic carbocycles. The highest BCUT2D eigenvalue weighted by Gasteiger charge is 2.12. The minimum Gasteiger partial charge on any atom is -0.431 e. The van der Waals surface area contributed by atoms with Crippen molar-refractivity contribution < 1.29 is 13.2 Å². The van der Waals surface area contributed by atoms with Crippen LogP contribution in [0.3, 0.4) is 0 Å². The molecule has 2 aromatic heterocycles. The molecular weight excluding hydrogens is 372 g/mol. The lowest BCUT2D eigenvalue weighted by Crippen LogP contribution is -2.21. The van der Waals surface area contributed by atoms with E-state index in [1.807, 2.05) is 30.3 Å². The van der Waals surface area contributed by atoms with Gasteiger partial charge in [-0.1, -0.05) is 42.3 Å². The van der Waals surface area contributed by atoms with Crippen molar-refractivity contribution in [2.75, 3.05) is 0 Å². The molecular formula is C24H17F2NO2. The molecule has 0 atom stereocenters. The molecule has 0 spiro atoms. The Labute approximate surface area is 166 Å². The average Bonchev–Trinajstić information content (AvgIpc) is 3.12. The van der Waals surface area contributed by atoms with Gasteiger partial charge < -0.3 is 4.42 Å². The van der Waals surface area contributed by atoms with Crippen molar-refractivity contribution in [3.8, 4) is 11.8 Å². The summed E-state index contributed by atoms with van der Waals surface area (Å²) in [7, 11) is 1.62. The number of hydrogen-bond donors (Lipinski definition) is 0. The van der Waals surface area contributed by atoms with Gasteiger partial charge in [0.15, 0.2) is 17.4 Å². The molecule has 0 saturated carbocycles. The number of halogens is 2. The lowest BCUT2D eigenvalue weighted by atomic mass is 10.1. The first-order valence-corrected chi connectivity index (χ1v) is 9.10. The highest BCUT2D eigenvalue weighted by Crippen LogP contribution is 2.20. The molecule has 144 valence electrons. The summed E-state index contributed by atoms with van der Waals surface area (Å²) in [5.74, 6) is 4.69. The Balaban J connectivity index is 1.64. The highest BCUT2D eigenvalue weighted by atomic mass is 19.2. The van der Waals surface area contributed by atoms with E-state index in [0.29, 0.717) is 29.0 Å². The van der Waals surface area contributed by atoms with Crippen molar-refractivity contribution in [1.29, 1.82) is 0 Å². The summed E-state index contributed by atoms with van der Waals surface area (Å²) in [4.78, 5) is 12.6. The number of rotatable bonds is 3. The second-order valence-corrected chi connectivity index (χ2v) is 6.79. The zero-order valence-electron chi connectivity index (χ0n) is 15.7. The smallest absolute Gasteiger partial charge is 0.256 e. The van der Waals surface area contributed by atoms with E-state index in [4.69, 9.17) is 4.42 Å². The summed E-state index contributed by atoms with van der Waals surface area (Å²) in [6, 6.07) is 17.0. The molecule has 0 saturated heterocycles. The number of furan rings is 1. The number of fused-ring (bicyclic) bond motifs is 1. The van der Waals surface area contributed by atoms with Crippen LogP contribution in [0.15, 0.2) is 69.9 Å². The molecule has 0 fully saturated rings. The van der Waals surface area contributed by atoms with Gasteiger partial charge in [0, 0.05) is 36.9 Å². The summed E-state index contributed by atoms with van der Waals surface area (Å²) >= 11 is 0. The van der Waals surface area contributed by atoms with Crippen LogP contribution in [0, 0.1) is 23.5 Å². The predicted octanol–water partition coefficient (Wildman–Crippen LogP) is 4.59. The predicted molar refractivity (Wildman–Crippen MR) is 108 cm³/mol. The molecule has 0 bridgehead atoms. The summed E-state index contributed by atoms with van der Waals surface area (Å²) in [5.41, 5.74) is 2.27. The van der Waals surface area contributed by atoms with Gasteiger partial charge in [0.2, 0.25) is 5.71 Å². The van der Waals surface area contributed by atoms with Gasteiger partial charge in [-0.25, -0.2) is 8.78 Å². The first kappa shape index (κ1) is 18.7. The van der Waals surface area contributed by atoms with Crippen LogP contribution in [-0.4, -0.2) is 4.57 Å². The number of benzene rings is 2. The Kier molecular flexibility index (Phi) is 5.01. The first-order valence-electron chi connectivity index (χ1n) is 9.10. The van der Waals surface area contributed by atoms with E-state index in [1.54, 1.807) is 19.2 Å². The molecule has 4 rings (SSSR count). The molecule has 2 aromatic carbocycles. The van der Waals surface area contributed by atoms with E-state index < -0.39 is 11.6 Å². The number of hydrogen-bond acceptors (Lipinski definition) is 2. The van der Waals surface area contributed by atoms with E-state index in [9.17, 15) is 13.6 Å². The SMILES string of the molecule is Cn1c(=O)c(Cc2ccc(F)c(F)c2)cc2cc(C#CCc3ccccc3)oc21. The summed E-state index contributed by atoms with van der Waals surface area (Å²) < 4.78 is 33.8.